The maximum atomic E-state index is 12.6. The fourth-order valence-corrected chi connectivity index (χ4v) is 2.50. The van der Waals surface area contributed by atoms with Gasteiger partial charge in [0.05, 0.1) is 19.9 Å². The van der Waals surface area contributed by atoms with E-state index >= 15 is 0 Å². The number of nitrogens with two attached hydrogens (primary N) is 1. The maximum absolute atomic E-state index is 12.6. The van der Waals surface area contributed by atoms with E-state index < -0.39 is 0 Å². The van der Waals surface area contributed by atoms with Crippen LogP contribution in [0.3, 0.4) is 0 Å². The third kappa shape index (κ3) is 2.52. The van der Waals surface area contributed by atoms with Crippen molar-refractivity contribution >= 4 is 22.4 Å². The fourth-order valence-electron chi connectivity index (χ4n) is 2.50. The molecule has 1 amide bonds. The number of pyridine rings is 1. The molecule has 0 atom stereocenters. The molecule has 0 saturated carbocycles. The molecular weight excluding hydrogens is 282 g/mol. The van der Waals surface area contributed by atoms with Crippen molar-refractivity contribution in [3.63, 3.8) is 0 Å². The van der Waals surface area contributed by atoms with Crippen molar-refractivity contribution in [2.24, 2.45) is 0 Å². The predicted octanol–water partition coefficient (Wildman–Crippen LogP) is 2.32. The number of fused-ring (bicyclic) bond motifs is 1. The first-order chi connectivity index (χ1) is 10.6. The molecule has 118 valence electrons. The van der Waals surface area contributed by atoms with E-state index in [-0.39, 0.29) is 5.91 Å². The van der Waals surface area contributed by atoms with Crippen molar-refractivity contribution in [1.29, 1.82) is 0 Å². The molecule has 2 aromatic rings. The number of rotatable bonds is 5. The van der Waals surface area contributed by atoms with E-state index in [1.54, 1.807) is 23.2 Å². The highest BCUT2D eigenvalue weighted by atomic mass is 16.5. The Hall–Kier alpha value is -2.50. The minimum Gasteiger partial charge on any atom is -0.493 e. The summed E-state index contributed by atoms with van der Waals surface area (Å²) < 4.78 is 10.6. The zero-order chi connectivity index (χ0) is 16.3. The number of carbonyl (C=O) groups excluding carboxylic acids is 1. The number of amides is 1. The maximum Gasteiger partial charge on any atom is 0.273 e. The molecule has 2 rings (SSSR count). The number of nitrogens with zero attached hydrogens (tertiary/aromatic N) is 2. The van der Waals surface area contributed by atoms with Crippen molar-refractivity contribution in [3.8, 4) is 11.5 Å². The van der Waals surface area contributed by atoms with Crippen LogP contribution in [0.4, 0.5) is 5.69 Å². The Morgan fingerprint density at radius 2 is 1.91 bits per heavy atom. The van der Waals surface area contributed by atoms with Crippen LogP contribution < -0.4 is 15.2 Å². The third-order valence-electron chi connectivity index (χ3n) is 3.70. The van der Waals surface area contributed by atoms with Crippen LogP contribution in [0.1, 0.15) is 24.3 Å². The van der Waals surface area contributed by atoms with Gasteiger partial charge in [0.15, 0.2) is 11.5 Å². The SMILES string of the molecule is CCN(CC)C(=O)c1nccc2c(N)c(OC)c(OC)cc12. The van der Waals surface area contributed by atoms with Crippen molar-refractivity contribution < 1.29 is 14.3 Å². The molecule has 1 aromatic heterocycles. The molecule has 0 aliphatic carbocycles. The first-order valence-electron chi connectivity index (χ1n) is 7.17. The molecule has 0 bridgehead atoms. The van der Waals surface area contributed by atoms with Crippen LogP contribution in [0, 0.1) is 0 Å². The van der Waals surface area contributed by atoms with Gasteiger partial charge in [-0.2, -0.15) is 0 Å². The second-order valence-electron chi connectivity index (χ2n) is 4.76. The van der Waals surface area contributed by atoms with Gasteiger partial charge in [-0.25, -0.2) is 0 Å². The van der Waals surface area contributed by atoms with Gasteiger partial charge >= 0.3 is 0 Å². The lowest BCUT2D eigenvalue weighted by Crippen LogP contribution is -2.31. The Morgan fingerprint density at radius 3 is 2.45 bits per heavy atom. The van der Waals surface area contributed by atoms with Crippen molar-refractivity contribution in [1.82, 2.24) is 9.88 Å². The van der Waals surface area contributed by atoms with Crippen LogP contribution in [0.15, 0.2) is 18.3 Å². The highest BCUT2D eigenvalue weighted by Gasteiger charge is 2.21. The molecule has 1 heterocycles. The lowest BCUT2D eigenvalue weighted by molar-refractivity contribution is 0.0769. The Labute approximate surface area is 129 Å². The average Bonchev–Trinajstić information content (AvgIpc) is 2.55. The van der Waals surface area contributed by atoms with Crippen molar-refractivity contribution in [2.75, 3.05) is 33.0 Å². The smallest absolute Gasteiger partial charge is 0.273 e. The molecule has 6 nitrogen and oxygen atoms in total. The van der Waals surface area contributed by atoms with Gasteiger partial charge in [-0.15, -0.1) is 0 Å². The molecule has 0 radical (unpaired) electrons. The number of benzene rings is 1. The number of anilines is 1. The minimum absolute atomic E-state index is 0.123. The van der Waals surface area contributed by atoms with E-state index in [9.17, 15) is 4.79 Å². The second kappa shape index (κ2) is 6.51. The molecule has 1 aromatic carbocycles. The number of hydrogen-bond acceptors (Lipinski definition) is 5. The number of carbonyl (C=O) groups is 1. The molecule has 0 fully saturated rings. The number of ether oxygens (including phenoxy) is 2. The molecule has 0 aliphatic rings. The number of hydrogen-bond donors (Lipinski definition) is 1. The van der Waals surface area contributed by atoms with Crippen LogP contribution >= 0.6 is 0 Å². The van der Waals surface area contributed by atoms with Crippen LogP contribution in [0.2, 0.25) is 0 Å². The molecule has 0 unspecified atom stereocenters. The number of aromatic nitrogens is 1. The monoisotopic (exact) mass is 303 g/mol. The summed E-state index contributed by atoms with van der Waals surface area (Å²) >= 11 is 0. The third-order valence-corrected chi connectivity index (χ3v) is 3.70. The summed E-state index contributed by atoms with van der Waals surface area (Å²) in [5.74, 6) is 0.818. The van der Waals surface area contributed by atoms with E-state index in [0.717, 1.165) is 5.39 Å². The lowest BCUT2D eigenvalue weighted by Gasteiger charge is -2.20. The summed E-state index contributed by atoms with van der Waals surface area (Å²) in [6, 6.07) is 3.51. The van der Waals surface area contributed by atoms with Gasteiger partial charge in [0.25, 0.3) is 5.91 Å². The molecule has 2 N–H and O–H groups in total. The topological polar surface area (TPSA) is 77.7 Å². The van der Waals surface area contributed by atoms with Gasteiger partial charge in [0.1, 0.15) is 5.69 Å². The standard InChI is InChI=1S/C16H21N3O3/c1-5-19(6-2)16(20)14-11-9-12(21-3)15(22-4)13(17)10(11)7-8-18-14/h7-9H,5-6,17H2,1-4H3. The van der Waals surface area contributed by atoms with E-state index in [4.69, 9.17) is 15.2 Å². The average molecular weight is 303 g/mol. The zero-order valence-electron chi connectivity index (χ0n) is 13.3. The predicted molar refractivity (Wildman–Crippen MR) is 86.5 cm³/mol. The molecule has 6 heteroatoms. The molecule has 0 saturated heterocycles. The quantitative estimate of drug-likeness (QED) is 0.858. The van der Waals surface area contributed by atoms with Gasteiger partial charge in [0, 0.05) is 30.1 Å². The first-order valence-corrected chi connectivity index (χ1v) is 7.17. The molecule has 22 heavy (non-hydrogen) atoms. The van der Waals surface area contributed by atoms with Gasteiger partial charge in [-0.05, 0) is 26.0 Å². The highest BCUT2D eigenvalue weighted by Crippen LogP contribution is 2.40. The molecule has 0 spiro atoms. The highest BCUT2D eigenvalue weighted by molar-refractivity contribution is 6.09. The largest absolute Gasteiger partial charge is 0.493 e. The number of methoxy groups -OCH3 is 2. The fraction of sp³-hybridized carbons (Fsp3) is 0.375. The van der Waals surface area contributed by atoms with E-state index in [2.05, 4.69) is 4.98 Å². The Balaban J connectivity index is 2.72. The van der Waals surface area contributed by atoms with Gasteiger partial charge < -0.3 is 20.1 Å². The van der Waals surface area contributed by atoms with Gasteiger partial charge in [0.2, 0.25) is 0 Å². The van der Waals surface area contributed by atoms with Crippen LogP contribution in [0.5, 0.6) is 11.5 Å². The Bertz CT molecular complexity index is 697. The van der Waals surface area contributed by atoms with Gasteiger partial charge in [-0.1, -0.05) is 0 Å². The lowest BCUT2D eigenvalue weighted by atomic mass is 10.1. The van der Waals surface area contributed by atoms with Crippen LogP contribution in [-0.2, 0) is 0 Å². The summed E-state index contributed by atoms with van der Waals surface area (Å²) in [6.45, 7) is 5.11. The summed E-state index contributed by atoms with van der Waals surface area (Å²) in [6.07, 6.45) is 1.58. The summed E-state index contributed by atoms with van der Waals surface area (Å²) in [5, 5.41) is 1.39. The van der Waals surface area contributed by atoms with Crippen LogP contribution in [-0.4, -0.2) is 43.1 Å². The second-order valence-corrected chi connectivity index (χ2v) is 4.76. The van der Waals surface area contributed by atoms with E-state index in [1.807, 2.05) is 13.8 Å². The molecular formula is C16H21N3O3. The molecule has 0 aliphatic heterocycles. The summed E-state index contributed by atoms with van der Waals surface area (Å²) in [5.41, 5.74) is 6.97. The van der Waals surface area contributed by atoms with Crippen LogP contribution in [0.25, 0.3) is 10.8 Å². The minimum atomic E-state index is -0.123. The Kier molecular flexibility index (Phi) is 4.70. The van der Waals surface area contributed by atoms with E-state index in [0.29, 0.717) is 41.4 Å². The summed E-state index contributed by atoms with van der Waals surface area (Å²) in [4.78, 5) is 18.6. The van der Waals surface area contributed by atoms with Crippen molar-refractivity contribution in [3.05, 3.63) is 24.0 Å². The van der Waals surface area contributed by atoms with Gasteiger partial charge in [-0.3, -0.25) is 9.78 Å². The number of nitrogen functional groups attached to an aromatic ring is 1. The van der Waals surface area contributed by atoms with Crippen molar-refractivity contribution in [2.45, 2.75) is 13.8 Å². The first kappa shape index (κ1) is 15.9. The van der Waals surface area contributed by atoms with E-state index in [1.165, 1.54) is 14.2 Å². The summed E-state index contributed by atoms with van der Waals surface area (Å²) in [7, 11) is 3.06. The Morgan fingerprint density at radius 1 is 1.23 bits per heavy atom. The normalized spacial score (nSPS) is 10.5. The zero-order valence-corrected chi connectivity index (χ0v) is 13.3.